The number of thioether (sulfide) groups is 1. The summed E-state index contributed by atoms with van der Waals surface area (Å²) in [6.45, 7) is 1.43. The molecule has 0 aliphatic carbocycles. The summed E-state index contributed by atoms with van der Waals surface area (Å²) in [5, 5.41) is 10.5. The molecule has 0 spiro atoms. The van der Waals surface area contributed by atoms with Crippen LogP contribution in [0.3, 0.4) is 0 Å². The van der Waals surface area contributed by atoms with Gasteiger partial charge in [0.15, 0.2) is 7.95 Å². The Bertz CT molecular complexity index is 633. The normalized spacial score (nSPS) is 17.2. The first kappa shape index (κ1) is 13.7. The topological polar surface area (TPSA) is 40.5 Å². The van der Waals surface area contributed by atoms with Crippen molar-refractivity contribution in [3.05, 3.63) is 54.1 Å². The number of hydrogen-bond donors (Lipinski definition) is 1. The Morgan fingerprint density at radius 1 is 1.15 bits per heavy atom. The molecule has 0 fully saturated rings. The van der Waals surface area contributed by atoms with E-state index in [1.54, 1.807) is 23.9 Å². The van der Waals surface area contributed by atoms with E-state index >= 15 is 0 Å². The van der Waals surface area contributed by atoms with Gasteiger partial charge in [0.25, 0.3) is 0 Å². The van der Waals surface area contributed by atoms with Crippen LogP contribution in [0.1, 0.15) is 5.56 Å². The molecule has 1 aliphatic heterocycles. The number of hydrogen-bond acceptors (Lipinski definition) is 3. The molecule has 1 unspecified atom stereocenters. The van der Waals surface area contributed by atoms with Crippen LogP contribution >= 0.6 is 19.7 Å². The van der Waals surface area contributed by atoms with Gasteiger partial charge >= 0.3 is 0 Å². The molecule has 1 heterocycles. The van der Waals surface area contributed by atoms with Crippen LogP contribution in [0.4, 0.5) is 0 Å². The van der Waals surface area contributed by atoms with Crippen molar-refractivity contribution >= 4 is 25.0 Å². The zero-order valence-corrected chi connectivity index (χ0v) is 12.8. The second kappa shape index (κ2) is 6.04. The molecule has 0 bridgehead atoms. The monoisotopic (exact) mass is 305 g/mol. The summed E-state index contributed by atoms with van der Waals surface area (Å²) in [6, 6.07) is 15.0. The number of rotatable bonds is 2. The summed E-state index contributed by atoms with van der Waals surface area (Å²) < 4.78 is 14.7. The lowest BCUT2D eigenvalue weighted by molar-refractivity contribution is 0.442. The molecule has 1 N–H and O–H groups in total. The van der Waals surface area contributed by atoms with Crippen LogP contribution in [0.5, 0.6) is 5.75 Å². The summed E-state index contributed by atoms with van der Waals surface area (Å²) in [5.74, 6) is 1.19. The van der Waals surface area contributed by atoms with Gasteiger partial charge in [0.05, 0.1) is 0 Å². The van der Waals surface area contributed by atoms with Crippen molar-refractivity contribution in [2.24, 2.45) is 0 Å². The van der Waals surface area contributed by atoms with Crippen LogP contribution in [0.15, 0.2) is 53.4 Å². The largest absolute Gasteiger partial charge is 0.508 e. The van der Waals surface area contributed by atoms with Crippen LogP contribution in [0, 0.1) is 0 Å². The van der Waals surface area contributed by atoms with Gasteiger partial charge in [0.2, 0.25) is 0 Å². The van der Waals surface area contributed by atoms with Crippen LogP contribution in [0.25, 0.3) is 0 Å². The zero-order valence-electron chi connectivity index (χ0n) is 11.0. The average Bonchev–Trinajstić information content (AvgIpc) is 2.69. The molecule has 0 aromatic heterocycles. The maximum absolute atomic E-state index is 12.7. The highest BCUT2D eigenvalue weighted by Crippen LogP contribution is 2.36. The van der Waals surface area contributed by atoms with E-state index in [1.807, 2.05) is 41.1 Å². The first-order valence-electron chi connectivity index (χ1n) is 6.53. The first-order valence-corrected chi connectivity index (χ1v) is 8.87. The van der Waals surface area contributed by atoms with Gasteiger partial charge in [-0.15, -0.1) is 11.8 Å². The van der Waals surface area contributed by atoms with E-state index < -0.39 is 7.95 Å². The van der Waals surface area contributed by atoms with Gasteiger partial charge in [0, 0.05) is 29.0 Å². The number of benzene rings is 2. The Labute approximate surface area is 123 Å². The summed E-state index contributed by atoms with van der Waals surface area (Å²) in [7, 11) is -1.96. The van der Waals surface area contributed by atoms with Crippen LogP contribution in [-0.2, 0) is 11.1 Å². The molecule has 0 saturated heterocycles. The average molecular weight is 305 g/mol. The minimum Gasteiger partial charge on any atom is -0.508 e. The fraction of sp³-hybridized carbons (Fsp3) is 0.200. The number of phenolic OH excluding ortho intramolecular Hbond substituents is 1. The van der Waals surface area contributed by atoms with Crippen molar-refractivity contribution in [1.82, 2.24) is 4.67 Å². The summed E-state index contributed by atoms with van der Waals surface area (Å²) in [5.41, 5.74) is 1.06. The Hall–Kier alpha value is -1.22. The lowest BCUT2D eigenvalue weighted by atomic mass is 10.2. The van der Waals surface area contributed by atoms with E-state index in [4.69, 9.17) is 0 Å². The highest BCUT2D eigenvalue weighted by atomic mass is 32.2. The van der Waals surface area contributed by atoms with Crippen molar-refractivity contribution in [3.63, 3.8) is 0 Å². The van der Waals surface area contributed by atoms with Crippen molar-refractivity contribution in [2.45, 2.75) is 11.4 Å². The van der Waals surface area contributed by atoms with Crippen molar-refractivity contribution < 1.29 is 9.67 Å². The molecule has 20 heavy (non-hydrogen) atoms. The highest BCUT2D eigenvalue weighted by molar-refractivity contribution is 7.99. The summed E-state index contributed by atoms with van der Waals surface area (Å²) in [4.78, 5) is 1.17. The van der Waals surface area contributed by atoms with Gasteiger partial charge in [-0.3, -0.25) is 0 Å². The van der Waals surface area contributed by atoms with Crippen molar-refractivity contribution in [2.75, 3.05) is 12.3 Å². The van der Waals surface area contributed by atoms with Gasteiger partial charge < -0.3 is 9.67 Å². The number of phenols is 1. The van der Waals surface area contributed by atoms with Gasteiger partial charge in [-0.2, -0.15) is 0 Å². The smallest absolute Gasteiger partial charge is 0.167 e. The SMILES string of the molecule is O=[PH](c1ccccc1)N1CCSc2ccc(O)cc2C1. The molecular weight excluding hydrogens is 289 g/mol. The molecule has 3 rings (SSSR count). The van der Waals surface area contributed by atoms with Crippen LogP contribution in [-0.4, -0.2) is 22.1 Å². The second-order valence-corrected chi connectivity index (χ2v) is 7.69. The summed E-state index contributed by atoms with van der Waals surface area (Å²) >= 11 is 1.76. The molecule has 104 valence electrons. The van der Waals surface area contributed by atoms with E-state index in [1.165, 1.54) is 4.90 Å². The Balaban J connectivity index is 1.87. The first-order chi connectivity index (χ1) is 9.74. The zero-order chi connectivity index (χ0) is 13.9. The number of aromatic hydroxyl groups is 1. The molecule has 3 nitrogen and oxygen atoms in total. The van der Waals surface area contributed by atoms with Crippen LogP contribution < -0.4 is 5.30 Å². The predicted molar refractivity (Wildman–Crippen MR) is 84.3 cm³/mol. The predicted octanol–water partition coefficient (Wildman–Crippen LogP) is 3.10. The summed E-state index contributed by atoms with van der Waals surface area (Å²) in [6.07, 6.45) is 0. The third kappa shape index (κ3) is 2.93. The van der Waals surface area contributed by atoms with Crippen LogP contribution in [0.2, 0.25) is 0 Å². The molecule has 5 heteroatoms. The van der Waals surface area contributed by atoms with E-state index in [0.717, 1.165) is 23.2 Å². The molecule has 0 amide bonds. The molecule has 1 aliphatic rings. The maximum Gasteiger partial charge on any atom is 0.167 e. The van der Waals surface area contributed by atoms with Gasteiger partial charge in [0.1, 0.15) is 5.75 Å². The molecule has 2 aromatic carbocycles. The van der Waals surface area contributed by atoms with E-state index in [9.17, 15) is 9.67 Å². The third-order valence-electron chi connectivity index (χ3n) is 3.33. The lowest BCUT2D eigenvalue weighted by Gasteiger charge is -2.19. The van der Waals surface area contributed by atoms with Gasteiger partial charge in [-0.25, -0.2) is 4.67 Å². The third-order valence-corrected chi connectivity index (χ3v) is 6.21. The van der Waals surface area contributed by atoms with Gasteiger partial charge in [-0.1, -0.05) is 30.3 Å². The van der Waals surface area contributed by atoms with E-state index in [-0.39, 0.29) is 5.75 Å². The Morgan fingerprint density at radius 2 is 1.95 bits per heavy atom. The standard InChI is InChI=1S/C15H16NO2PS/c17-13-6-7-15-12(10-13)11-16(8-9-20-15)19(18)14-4-2-1-3-5-14/h1-7,10,17,19H,8-9,11H2. The molecule has 0 saturated carbocycles. The molecular formula is C15H16NO2PS. The number of nitrogens with zero attached hydrogens (tertiary/aromatic N) is 1. The Kier molecular flexibility index (Phi) is 4.16. The minimum absolute atomic E-state index is 0.269. The fourth-order valence-electron chi connectivity index (χ4n) is 2.32. The van der Waals surface area contributed by atoms with Crippen molar-refractivity contribution in [3.8, 4) is 5.75 Å². The highest BCUT2D eigenvalue weighted by Gasteiger charge is 2.20. The number of fused-ring (bicyclic) bond motifs is 1. The van der Waals surface area contributed by atoms with E-state index in [0.29, 0.717) is 6.54 Å². The molecule has 0 radical (unpaired) electrons. The molecule has 2 aromatic rings. The van der Waals surface area contributed by atoms with Crippen molar-refractivity contribution in [1.29, 1.82) is 0 Å². The molecule has 1 atom stereocenters. The maximum atomic E-state index is 12.7. The fourth-order valence-corrected chi connectivity index (χ4v) is 4.96. The second-order valence-electron chi connectivity index (χ2n) is 4.73. The Morgan fingerprint density at radius 3 is 2.75 bits per heavy atom. The minimum atomic E-state index is -1.96. The quantitative estimate of drug-likeness (QED) is 0.866. The van der Waals surface area contributed by atoms with E-state index in [2.05, 4.69) is 0 Å². The lowest BCUT2D eigenvalue weighted by Crippen LogP contribution is -2.20. The van der Waals surface area contributed by atoms with Gasteiger partial charge in [-0.05, 0) is 23.8 Å².